The van der Waals surface area contributed by atoms with Gasteiger partial charge in [0.25, 0.3) is 5.91 Å². The highest BCUT2D eigenvalue weighted by Crippen LogP contribution is 2.21. The average Bonchev–Trinajstić information content (AvgIpc) is 2.94. The number of hydrogen-bond donors (Lipinski definition) is 1. The molecule has 1 aromatic heterocycles. The van der Waals surface area contributed by atoms with Crippen molar-refractivity contribution >= 4 is 5.91 Å². The number of piperidine rings is 1. The lowest BCUT2D eigenvalue weighted by atomic mass is 10.1. The zero-order chi connectivity index (χ0) is 14.5. The van der Waals surface area contributed by atoms with Crippen molar-refractivity contribution in [1.82, 2.24) is 19.7 Å². The van der Waals surface area contributed by atoms with Crippen LogP contribution in [0.4, 0.5) is 0 Å². The van der Waals surface area contributed by atoms with Gasteiger partial charge in [0.15, 0.2) is 0 Å². The summed E-state index contributed by atoms with van der Waals surface area (Å²) in [7, 11) is 5.93. The van der Waals surface area contributed by atoms with Crippen LogP contribution in [0.25, 0.3) is 0 Å². The van der Waals surface area contributed by atoms with Crippen LogP contribution >= 0.6 is 0 Å². The molecule has 5 nitrogen and oxygen atoms in total. The second kappa shape index (κ2) is 6.90. The summed E-state index contributed by atoms with van der Waals surface area (Å²) >= 11 is 0. The van der Waals surface area contributed by atoms with Crippen molar-refractivity contribution in [2.24, 2.45) is 0 Å². The molecule has 0 aliphatic carbocycles. The van der Waals surface area contributed by atoms with Crippen molar-refractivity contribution in [3.8, 4) is 0 Å². The first-order valence-electron chi connectivity index (χ1n) is 7.37. The van der Waals surface area contributed by atoms with Crippen LogP contribution in [0.3, 0.4) is 0 Å². The molecule has 112 valence electrons. The third kappa shape index (κ3) is 3.61. The van der Waals surface area contributed by atoms with Crippen molar-refractivity contribution < 1.29 is 4.79 Å². The molecule has 1 aromatic rings. The minimum absolute atomic E-state index is 0.121. The van der Waals surface area contributed by atoms with E-state index >= 15 is 0 Å². The molecule has 5 heteroatoms. The normalized spacial score (nSPS) is 16.6. The fourth-order valence-electron chi connectivity index (χ4n) is 2.63. The van der Waals surface area contributed by atoms with Crippen LogP contribution in [0.15, 0.2) is 18.3 Å². The summed E-state index contributed by atoms with van der Waals surface area (Å²) in [6, 6.07) is 4.37. The van der Waals surface area contributed by atoms with Crippen LogP contribution in [0, 0.1) is 0 Å². The number of carbonyl (C=O) groups is 1. The highest BCUT2D eigenvalue weighted by atomic mass is 16.2. The van der Waals surface area contributed by atoms with E-state index in [1.54, 1.807) is 0 Å². The van der Waals surface area contributed by atoms with Crippen LogP contribution in [0.2, 0.25) is 0 Å². The first kappa shape index (κ1) is 15.1. The lowest BCUT2D eigenvalue weighted by Gasteiger charge is -2.27. The van der Waals surface area contributed by atoms with Crippen LogP contribution in [0.1, 0.15) is 29.4 Å². The minimum Gasteiger partial charge on any atom is -0.340 e. The highest BCUT2D eigenvalue weighted by molar-refractivity contribution is 5.92. The van der Waals surface area contributed by atoms with Gasteiger partial charge in [-0.3, -0.25) is 4.79 Å². The summed E-state index contributed by atoms with van der Waals surface area (Å²) in [5.74, 6) is 0.121. The molecule has 2 heterocycles. The van der Waals surface area contributed by atoms with Crippen LogP contribution < -0.4 is 5.32 Å². The number of nitrogens with one attached hydrogen (secondary N) is 1. The molecule has 1 N–H and O–H groups in total. The zero-order valence-electron chi connectivity index (χ0n) is 12.8. The predicted molar refractivity (Wildman–Crippen MR) is 81.1 cm³/mol. The topological polar surface area (TPSA) is 40.5 Å². The van der Waals surface area contributed by atoms with Gasteiger partial charge in [-0.15, -0.1) is 0 Å². The van der Waals surface area contributed by atoms with Crippen molar-refractivity contribution in [3.05, 3.63) is 24.0 Å². The Hall–Kier alpha value is -1.33. The van der Waals surface area contributed by atoms with E-state index in [1.807, 2.05) is 44.4 Å². The van der Waals surface area contributed by atoms with E-state index in [1.165, 1.54) is 0 Å². The first-order chi connectivity index (χ1) is 9.59. The third-order valence-electron chi connectivity index (χ3n) is 3.93. The fraction of sp³-hybridized carbons (Fsp3) is 0.667. The maximum Gasteiger partial charge on any atom is 0.270 e. The van der Waals surface area contributed by atoms with Crippen LogP contribution in [0.5, 0.6) is 0 Å². The molecule has 0 saturated carbocycles. The van der Waals surface area contributed by atoms with Crippen LogP contribution in [-0.4, -0.2) is 67.6 Å². The standard InChI is InChI=1S/C15H26N4O/c1-17(2)11-12-18(3)15(20)14-5-4-10-19(14)13-6-8-16-9-7-13/h4-5,10,13,16H,6-9,11-12H2,1-3H3. The lowest BCUT2D eigenvalue weighted by molar-refractivity contribution is 0.0772. The highest BCUT2D eigenvalue weighted by Gasteiger charge is 2.21. The first-order valence-corrected chi connectivity index (χ1v) is 7.37. The summed E-state index contributed by atoms with van der Waals surface area (Å²) < 4.78 is 2.16. The summed E-state index contributed by atoms with van der Waals surface area (Å²) in [5.41, 5.74) is 0.818. The summed E-state index contributed by atoms with van der Waals surface area (Å²) in [5, 5.41) is 3.37. The Bertz CT molecular complexity index is 435. The quantitative estimate of drug-likeness (QED) is 0.875. The molecule has 1 aliphatic rings. The third-order valence-corrected chi connectivity index (χ3v) is 3.93. The maximum atomic E-state index is 12.6. The number of carbonyl (C=O) groups excluding carboxylic acids is 1. The average molecular weight is 278 g/mol. The van der Waals surface area contributed by atoms with Gasteiger partial charge in [-0.05, 0) is 52.2 Å². The van der Waals surface area contributed by atoms with E-state index in [0.717, 1.165) is 44.7 Å². The van der Waals surface area contributed by atoms with Gasteiger partial charge in [0, 0.05) is 32.4 Å². The van der Waals surface area contributed by atoms with Crippen molar-refractivity contribution in [3.63, 3.8) is 0 Å². The monoisotopic (exact) mass is 278 g/mol. The van der Waals surface area contributed by atoms with Gasteiger partial charge in [0.05, 0.1) is 0 Å². The molecule has 0 aromatic carbocycles. The molecule has 1 aliphatic heterocycles. The number of likely N-dealkylation sites (N-methyl/N-ethyl adjacent to an activating group) is 2. The van der Waals surface area contributed by atoms with E-state index in [2.05, 4.69) is 14.8 Å². The van der Waals surface area contributed by atoms with Crippen molar-refractivity contribution in [1.29, 1.82) is 0 Å². The van der Waals surface area contributed by atoms with Crippen LogP contribution in [-0.2, 0) is 0 Å². The van der Waals surface area contributed by atoms with Crippen molar-refractivity contribution in [2.75, 3.05) is 47.3 Å². The minimum atomic E-state index is 0.121. The van der Waals surface area contributed by atoms with Gasteiger partial charge in [0.1, 0.15) is 5.69 Å². The molecule has 0 atom stereocenters. The van der Waals surface area contributed by atoms with E-state index in [0.29, 0.717) is 6.04 Å². The Kier molecular flexibility index (Phi) is 5.20. The lowest BCUT2D eigenvalue weighted by Crippen LogP contribution is -2.36. The number of aromatic nitrogens is 1. The zero-order valence-corrected chi connectivity index (χ0v) is 12.8. The van der Waals surface area contributed by atoms with Gasteiger partial charge < -0.3 is 19.7 Å². The molecule has 2 rings (SSSR count). The Morgan fingerprint density at radius 1 is 1.30 bits per heavy atom. The molecular weight excluding hydrogens is 252 g/mol. The number of amides is 1. The van der Waals surface area contributed by atoms with Gasteiger partial charge in [0.2, 0.25) is 0 Å². The summed E-state index contributed by atoms with van der Waals surface area (Å²) in [6.07, 6.45) is 4.23. The van der Waals surface area contributed by atoms with Gasteiger partial charge in [-0.25, -0.2) is 0 Å². The number of nitrogens with zero attached hydrogens (tertiary/aromatic N) is 3. The number of hydrogen-bond acceptors (Lipinski definition) is 3. The summed E-state index contributed by atoms with van der Waals surface area (Å²) in [4.78, 5) is 16.5. The predicted octanol–water partition coefficient (Wildman–Crippen LogP) is 1.05. The van der Waals surface area contributed by atoms with E-state index in [9.17, 15) is 4.79 Å². The molecule has 0 unspecified atom stereocenters. The van der Waals surface area contributed by atoms with E-state index < -0.39 is 0 Å². The Morgan fingerprint density at radius 3 is 2.65 bits per heavy atom. The molecule has 1 fully saturated rings. The Balaban J connectivity index is 2.04. The molecule has 0 spiro atoms. The maximum absolute atomic E-state index is 12.6. The molecule has 1 amide bonds. The molecule has 0 bridgehead atoms. The van der Waals surface area contributed by atoms with Crippen molar-refractivity contribution in [2.45, 2.75) is 18.9 Å². The second-order valence-electron chi connectivity index (χ2n) is 5.81. The SMILES string of the molecule is CN(C)CCN(C)C(=O)c1cccn1C1CCNCC1. The van der Waals surface area contributed by atoms with E-state index in [-0.39, 0.29) is 5.91 Å². The molecule has 20 heavy (non-hydrogen) atoms. The van der Waals surface area contributed by atoms with Gasteiger partial charge in [-0.2, -0.15) is 0 Å². The van der Waals surface area contributed by atoms with Gasteiger partial charge >= 0.3 is 0 Å². The summed E-state index contributed by atoms with van der Waals surface area (Å²) in [6.45, 7) is 3.71. The Labute approximate surface area is 121 Å². The smallest absolute Gasteiger partial charge is 0.270 e. The molecule has 0 radical (unpaired) electrons. The number of rotatable bonds is 5. The fourth-order valence-corrected chi connectivity index (χ4v) is 2.63. The second-order valence-corrected chi connectivity index (χ2v) is 5.81. The van der Waals surface area contributed by atoms with Gasteiger partial charge in [-0.1, -0.05) is 0 Å². The largest absolute Gasteiger partial charge is 0.340 e. The molecule has 1 saturated heterocycles. The van der Waals surface area contributed by atoms with E-state index in [4.69, 9.17) is 0 Å². The Morgan fingerprint density at radius 2 is 2.00 bits per heavy atom. The molecular formula is C15H26N4O.